The van der Waals surface area contributed by atoms with Gasteiger partial charge in [0.15, 0.2) is 5.69 Å². The van der Waals surface area contributed by atoms with E-state index in [1.807, 2.05) is 6.92 Å². The molecule has 0 bridgehead atoms. The summed E-state index contributed by atoms with van der Waals surface area (Å²) in [6.45, 7) is 2.12. The summed E-state index contributed by atoms with van der Waals surface area (Å²) in [5.74, 6) is -0.639. The minimum absolute atomic E-state index is 0.0819. The van der Waals surface area contributed by atoms with E-state index in [2.05, 4.69) is 10.4 Å². The fourth-order valence-electron chi connectivity index (χ4n) is 2.79. The van der Waals surface area contributed by atoms with E-state index in [1.54, 1.807) is 24.3 Å². The van der Waals surface area contributed by atoms with Crippen molar-refractivity contribution < 1.29 is 22.7 Å². The summed E-state index contributed by atoms with van der Waals surface area (Å²) in [6, 6.07) is 9.26. The van der Waals surface area contributed by atoms with Gasteiger partial charge in [0.25, 0.3) is 11.5 Å². The standard InChI is InChI=1S/C20H18F3N3O3/c1-3-10-29-16-9-8-12(20(21,22)23)11-15(16)24-18(27)17-13-6-4-5-7-14(13)19(28)26(2)25-17/h4-9,11H,3,10H2,1-2H3,(H,24,27). The second kappa shape index (κ2) is 7.94. The van der Waals surface area contributed by atoms with Crippen LogP contribution >= 0.6 is 0 Å². The van der Waals surface area contributed by atoms with Gasteiger partial charge < -0.3 is 10.1 Å². The molecule has 0 aliphatic heterocycles. The van der Waals surface area contributed by atoms with Crippen LogP contribution in [0.2, 0.25) is 0 Å². The summed E-state index contributed by atoms with van der Waals surface area (Å²) >= 11 is 0. The van der Waals surface area contributed by atoms with Crippen molar-refractivity contribution in [3.63, 3.8) is 0 Å². The number of nitrogens with one attached hydrogen (secondary N) is 1. The molecule has 0 aliphatic rings. The lowest BCUT2D eigenvalue weighted by Gasteiger charge is -2.15. The molecule has 1 amide bonds. The van der Waals surface area contributed by atoms with E-state index in [0.717, 1.165) is 16.8 Å². The molecule has 0 saturated carbocycles. The molecule has 152 valence electrons. The van der Waals surface area contributed by atoms with E-state index in [-0.39, 0.29) is 34.7 Å². The third kappa shape index (κ3) is 4.23. The zero-order chi connectivity index (χ0) is 21.2. The molecule has 0 spiro atoms. The predicted molar refractivity (Wildman–Crippen MR) is 102 cm³/mol. The highest BCUT2D eigenvalue weighted by atomic mass is 19.4. The number of carbonyl (C=O) groups is 1. The average molecular weight is 405 g/mol. The van der Waals surface area contributed by atoms with Gasteiger partial charge in [-0.25, -0.2) is 4.68 Å². The fraction of sp³-hybridized carbons (Fsp3) is 0.250. The quantitative estimate of drug-likeness (QED) is 0.697. The monoisotopic (exact) mass is 405 g/mol. The number of anilines is 1. The number of alkyl halides is 3. The lowest BCUT2D eigenvalue weighted by molar-refractivity contribution is -0.137. The summed E-state index contributed by atoms with van der Waals surface area (Å²) in [4.78, 5) is 25.1. The number of hydrogen-bond acceptors (Lipinski definition) is 4. The van der Waals surface area contributed by atoms with Crippen LogP contribution < -0.4 is 15.6 Å². The van der Waals surface area contributed by atoms with Crippen molar-refractivity contribution in [2.45, 2.75) is 19.5 Å². The van der Waals surface area contributed by atoms with E-state index < -0.39 is 17.6 Å². The molecule has 2 aromatic carbocycles. The molecule has 3 rings (SSSR count). The zero-order valence-corrected chi connectivity index (χ0v) is 15.7. The summed E-state index contributed by atoms with van der Waals surface area (Å²) in [5, 5.41) is 7.02. The summed E-state index contributed by atoms with van der Waals surface area (Å²) < 4.78 is 45.8. The van der Waals surface area contributed by atoms with Crippen LogP contribution in [0.5, 0.6) is 5.75 Å². The first-order valence-corrected chi connectivity index (χ1v) is 8.83. The van der Waals surface area contributed by atoms with Crippen molar-refractivity contribution in [1.29, 1.82) is 0 Å². The molecule has 0 unspecified atom stereocenters. The summed E-state index contributed by atoms with van der Waals surface area (Å²) in [5.41, 5.74) is -1.52. The molecule has 0 fully saturated rings. The van der Waals surface area contributed by atoms with Gasteiger partial charge in [-0.3, -0.25) is 9.59 Å². The number of fused-ring (bicyclic) bond motifs is 1. The lowest BCUT2D eigenvalue weighted by Crippen LogP contribution is -2.25. The van der Waals surface area contributed by atoms with Gasteiger partial charge in [0.05, 0.1) is 23.2 Å². The topological polar surface area (TPSA) is 73.2 Å². The Labute approximate surface area is 163 Å². The number of aromatic nitrogens is 2. The number of benzene rings is 2. The second-order valence-electron chi connectivity index (χ2n) is 6.33. The minimum atomic E-state index is -4.58. The van der Waals surface area contributed by atoms with Crippen molar-refractivity contribution in [2.75, 3.05) is 11.9 Å². The van der Waals surface area contributed by atoms with Gasteiger partial charge in [0.2, 0.25) is 0 Å². The lowest BCUT2D eigenvalue weighted by atomic mass is 10.1. The van der Waals surface area contributed by atoms with Gasteiger partial charge in [-0.2, -0.15) is 18.3 Å². The Balaban J connectivity index is 2.06. The maximum atomic E-state index is 13.1. The second-order valence-corrected chi connectivity index (χ2v) is 6.33. The van der Waals surface area contributed by atoms with Crippen molar-refractivity contribution in [2.24, 2.45) is 7.05 Å². The van der Waals surface area contributed by atoms with Crippen LogP contribution in [0.15, 0.2) is 47.3 Å². The smallest absolute Gasteiger partial charge is 0.416 e. The van der Waals surface area contributed by atoms with Crippen molar-refractivity contribution in [1.82, 2.24) is 9.78 Å². The van der Waals surface area contributed by atoms with E-state index in [4.69, 9.17) is 4.74 Å². The molecule has 0 radical (unpaired) electrons. The Kier molecular flexibility index (Phi) is 5.58. The van der Waals surface area contributed by atoms with E-state index in [9.17, 15) is 22.8 Å². The van der Waals surface area contributed by atoms with Gasteiger partial charge >= 0.3 is 6.18 Å². The molecule has 1 aromatic heterocycles. The van der Waals surface area contributed by atoms with Crippen LogP contribution in [0.1, 0.15) is 29.4 Å². The zero-order valence-electron chi connectivity index (χ0n) is 15.7. The predicted octanol–water partition coefficient (Wildman–Crippen LogP) is 3.99. The molecule has 9 heteroatoms. The fourth-order valence-corrected chi connectivity index (χ4v) is 2.79. The van der Waals surface area contributed by atoms with Crippen LogP contribution in [-0.4, -0.2) is 22.3 Å². The number of amides is 1. The molecule has 0 saturated heterocycles. The summed E-state index contributed by atoms with van der Waals surface area (Å²) in [7, 11) is 1.39. The maximum absolute atomic E-state index is 13.1. The van der Waals surface area contributed by atoms with Crippen molar-refractivity contribution >= 4 is 22.4 Å². The van der Waals surface area contributed by atoms with Gasteiger partial charge in [-0.05, 0) is 30.7 Å². The molecule has 1 N–H and O–H groups in total. The number of aryl methyl sites for hydroxylation is 1. The minimum Gasteiger partial charge on any atom is -0.491 e. The number of carbonyl (C=O) groups excluding carboxylic acids is 1. The van der Waals surface area contributed by atoms with Crippen LogP contribution in [0.3, 0.4) is 0 Å². The number of hydrogen-bond donors (Lipinski definition) is 1. The van der Waals surface area contributed by atoms with Gasteiger partial charge in [-0.15, -0.1) is 0 Å². The Morgan fingerprint density at radius 2 is 1.86 bits per heavy atom. The highest BCUT2D eigenvalue weighted by molar-refractivity contribution is 6.11. The number of nitrogens with zero attached hydrogens (tertiary/aromatic N) is 2. The first-order valence-electron chi connectivity index (χ1n) is 8.83. The Morgan fingerprint density at radius 3 is 2.52 bits per heavy atom. The molecule has 3 aromatic rings. The molecule has 29 heavy (non-hydrogen) atoms. The largest absolute Gasteiger partial charge is 0.491 e. The first kappa shape index (κ1) is 20.4. The first-order chi connectivity index (χ1) is 13.7. The highest BCUT2D eigenvalue weighted by Gasteiger charge is 2.31. The molecular weight excluding hydrogens is 387 g/mol. The van der Waals surface area contributed by atoms with Crippen molar-refractivity contribution in [3.8, 4) is 5.75 Å². The molecule has 0 aliphatic carbocycles. The Hall–Kier alpha value is -3.36. The highest BCUT2D eigenvalue weighted by Crippen LogP contribution is 2.35. The van der Waals surface area contributed by atoms with E-state index in [1.165, 1.54) is 13.1 Å². The van der Waals surface area contributed by atoms with E-state index >= 15 is 0 Å². The van der Waals surface area contributed by atoms with Gasteiger partial charge in [0, 0.05) is 12.4 Å². The van der Waals surface area contributed by atoms with E-state index in [0.29, 0.717) is 11.8 Å². The third-order valence-corrected chi connectivity index (χ3v) is 4.19. The van der Waals surface area contributed by atoms with Crippen LogP contribution in [0, 0.1) is 0 Å². The average Bonchev–Trinajstić information content (AvgIpc) is 2.69. The van der Waals surface area contributed by atoms with Crippen LogP contribution in [0.25, 0.3) is 10.8 Å². The Morgan fingerprint density at radius 1 is 1.17 bits per heavy atom. The van der Waals surface area contributed by atoms with Crippen LogP contribution in [0.4, 0.5) is 18.9 Å². The maximum Gasteiger partial charge on any atom is 0.416 e. The third-order valence-electron chi connectivity index (χ3n) is 4.19. The summed E-state index contributed by atoms with van der Waals surface area (Å²) in [6.07, 6.45) is -3.94. The number of ether oxygens (including phenoxy) is 1. The van der Waals surface area contributed by atoms with Crippen molar-refractivity contribution in [3.05, 3.63) is 64.1 Å². The number of halogens is 3. The normalized spacial score (nSPS) is 11.5. The molecule has 0 atom stereocenters. The molecular formula is C20H18F3N3O3. The van der Waals surface area contributed by atoms with Gasteiger partial charge in [-0.1, -0.05) is 25.1 Å². The Bertz CT molecular complexity index is 1120. The SMILES string of the molecule is CCCOc1ccc(C(F)(F)F)cc1NC(=O)c1nn(C)c(=O)c2ccccc12. The molecule has 6 nitrogen and oxygen atoms in total. The molecule has 1 heterocycles. The number of rotatable bonds is 5. The van der Waals surface area contributed by atoms with Gasteiger partial charge in [0.1, 0.15) is 5.75 Å². The van der Waals surface area contributed by atoms with Crippen LogP contribution in [-0.2, 0) is 13.2 Å².